The summed E-state index contributed by atoms with van der Waals surface area (Å²) in [4.78, 5) is 2.75. The van der Waals surface area contributed by atoms with Crippen molar-refractivity contribution in [1.29, 1.82) is 0 Å². The molecule has 0 amide bonds. The van der Waals surface area contributed by atoms with Gasteiger partial charge in [-0.05, 0) is 68.1 Å². The molecule has 1 aromatic rings. The van der Waals surface area contributed by atoms with E-state index in [1.807, 2.05) is 6.07 Å². The van der Waals surface area contributed by atoms with Crippen molar-refractivity contribution in [2.45, 2.75) is 50.6 Å². The predicted molar refractivity (Wildman–Crippen MR) is 74.5 cm³/mol. The van der Waals surface area contributed by atoms with Gasteiger partial charge in [0.25, 0.3) is 0 Å². The van der Waals surface area contributed by atoms with Crippen molar-refractivity contribution >= 4 is 0 Å². The van der Waals surface area contributed by atoms with Crippen LogP contribution in [-0.2, 0) is 6.42 Å². The summed E-state index contributed by atoms with van der Waals surface area (Å²) in [7, 11) is 0. The lowest BCUT2D eigenvalue weighted by molar-refractivity contribution is -0.0578. The lowest BCUT2D eigenvalue weighted by atomic mass is 9.63. The molecule has 102 valence electrons. The van der Waals surface area contributed by atoms with Crippen LogP contribution in [0, 0.1) is 17.7 Å². The largest absolute Gasteiger partial charge is 0.297 e. The first kappa shape index (κ1) is 11.9. The molecule has 4 fully saturated rings. The van der Waals surface area contributed by atoms with E-state index in [1.165, 1.54) is 38.2 Å². The molecule has 2 aliphatic heterocycles. The number of benzene rings is 1. The van der Waals surface area contributed by atoms with Crippen LogP contribution < -0.4 is 0 Å². The average molecular weight is 259 g/mol. The number of nitrogens with zero attached hydrogens (tertiary/aromatic N) is 1. The fourth-order valence-corrected chi connectivity index (χ4v) is 4.94. The maximum atomic E-state index is 13.2. The van der Waals surface area contributed by atoms with E-state index in [-0.39, 0.29) is 5.82 Å². The van der Waals surface area contributed by atoms with Crippen LogP contribution in [-0.4, -0.2) is 23.5 Å². The van der Waals surface area contributed by atoms with Gasteiger partial charge in [-0.25, -0.2) is 4.39 Å². The topological polar surface area (TPSA) is 3.24 Å². The van der Waals surface area contributed by atoms with E-state index in [2.05, 4.69) is 11.0 Å². The fourth-order valence-electron chi connectivity index (χ4n) is 4.94. The molecule has 0 aromatic heterocycles. The van der Waals surface area contributed by atoms with E-state index >= 15 is 0 Å². The zero-order valence-electron chi connectivity index (χ0n) is 11.4. The lowest BCUT2D eigenvalue weighted by Gasteiger charge is -2.56. The molecule has 19 heavy (non-hydrogen) atoms. The second-order valence-electron chi connectivity index (χ2n) is 6.84. The van der Waals surface area contributed by atoms with Crippen LogP contribution in [0.2, 0.25) is 0 Å². The zero-order valence-corrected chi connectivity index (χ0v) is 11.4. The van der Waals surface area contributed by atoms with E-state index in [0.29, 0.717) is 0 Å². The lowest BCUT2D eigenvalue weighted by Crippen LogP contribution is -2.58. The van der Waals surface area contributed by atoms with Crippen LogP contribution in [0.25, 0.3) is 0 Å². The Morgan fingerprint density at radius 3 is 2.32 bits per heavy atom. The Morgan fingerprint density at radius 2 is 1.68 bits per heavy atom. The second kappa shape index (κ2) is 4.59. The molecule has 0 radical (unpaired) electrons. The van der Waals surface area contributed by atoms with Gasteiger partial charge in [-0.3, -0.25) is 4.90 Å². The Labute approximate surface area is 114 Å². The third kappa shape index (κ3) is 2.20. The minimum Gasteiger partial charge on any atom is -0.297 e. The highest BCUT2D eigenvalue weighted by Crippen LogP contribution is 2.48. The average Bonchev–Trinajstić information content (AvgIpc) is 2.37. The summed E-state index contributed by atoms with van der Waals surface area (Å²) in [5, 5.41) is 0. The van der Waals surface area contributed by atoms with E-state index in [9.17, 15) is 4.39 Å². The monoisotopic (exact) mass is 259 g/mol. The van der Waals surface area contributed by atoms with Crippen molar-refractivity contribution in [3.8, 4) is 0 Å². The maximum Gasteiger partial charge on any atom is 0.123 e. The summed E-state index contributed by atoms with van der Waals surface area (Å²) in [5.41, 5.74) is 1.15. The minimum absolute atomic E-state index is 0.0995. The molecule has 0 unspecified atom stereocenters. The quantitative estimate of drug-likeness (QED) is 0.801. The van der Waals surface area contributed by atoms with Gasteiger partial charge in [0.1, 0.15) is 5.82 Å². The van der Waals surface area contributed by atoms with Gasteiger partial charge in [0, 0.05) is 18.6 Å². The van der Waals surface area contributed by atoms with Crippen molar-refractivity contribution in [1.82, 2.24) is 4.90 Å². The molecular formula is C17H22FN. The number of piperidine rings is 2. The number of halogens is 1. The first-order valence-electron chi connectivity index (χ1n) is 7.78. The number of rotatable bonds is 3. The van der Waals surface area contributed by atoms with Gasteiger partial charge in [0.2, 0.25) is 0 Å². The first-order chi connectivity index (χ1) is 9.28. The second-order valence-corrected chi connectivity index (χ2v) is 6.84. The molecule has 1 aromatic carbocycles. The van der Waals surface area contributed by atoms with Crippen LogP contribution in [0.4, 0.5) is 4.39 Å². The molecule has 2 heteroatoms. The third-order valence-corrected chi connectivity index (χ3v) is 5.57. The highest BCUT2D eigenvalue weighted by Gasteiger charge is 2.46. The molecule has 0 N–H and O–H groups in total. The Hall–Kier alpha value is -0.890. The molecule has 5 rings (SSSR count). The molecule has 0 atom stereocenters. The fraction of sp³-hybridized carbons (Fsp3) is 0.647. The Kier molecular flexibility index (Phi) is 2.87. The Balaban J connectivity index is 1.43. The van der Waals surface area contributed by atoms with Crippen LogP contribution in [0.15, 0.2) is 24.3 Å². The molecule has 0 spiro atoms. The van der Waals surface area contributed by atoms with Gasteiger partial charge in [-0.2, -0.15) is 0 Å². The highest BCUT2D eigenvalue weighted by atomic mass is 19.1. The summed E-state index contributed by atoms with van der Waals surface area (Å²) in [5.74, 6) is 1.94. The van der Waals surface area contributed by atoms with E-state index < -0.39 is 0 Å². The van der Waals surface area contributed by atoms with Crippen LogP contribution in [0.1, 0.15) is 37.7 Å². The van der Waals surface area contributed by atoms with Crippen LogP contribution in [0.3, 0.4) is 0 Å². The van der Waals surface area contributed by atoms with Gasteiger partial charge >= 0.3 is 0 Å². The molecule has 4 aliphatic rings. The highest BCUT2D eigenvalue weighted by molar-refractivity contribution is 5.17. The summed E-state index contributed by atoms with van der Waals surface area (Å²) in [6, 6.07) is 8.79. The molecule has 2 saturated carbocycles. The molecule has 2 heterocycles. The molecular weight excluding hydrogens is 237 g/mol. The zero-order chi connectivity index (χ0) is 12.8. The van der Waals surface area contributed by atoms with Crippen molar-refractivity contribution in [3.63, 3.8) is 0 Å². The first-order valence-corrected chi connectivity index (χ1v) is 7.78. The Bertz CT molecular complexity index is 442. The van der Waals surface area contributed by atoms with Gasteiger partial charge in [-0.1, -0.05) is 12.1 Å². The molecule has 2 saturated heterocycles. The van der Waals surface area contributed by atoms with Crippen molar-refractivity contribution in [2.75, 3.05) is 6.54 Å². The normalized spacial score (nSPS) is 36.9. The molecule has 4 bridgehead atoms. The Morgan fingerprint density at radius 1 is 1.00 bits per heavy atom. The van der Waals surface area contributed by atoms with Crippen LogP contribution in [0.5, 0.6) is 0 Å². The summed E-state index contributed by atoms with van der Waals surface area (Å²) in [6.07, 6.45) is 8.21. The number of hydrogen-bond acceptors (Lipinski definition) is 1. The van der Waals surface area contributed by atoms with Crippen molar-refractivity contribution < 1.29 is 4.39 Å². The minimum atomic E-state index is -0.0995. The van der Waals surface area contributed by atoms with E-state index in [1.54, 1.807) is 6.07 Å². The SMILES string of the molecule is Fc1cccc(CCN2C3CC4CC(C3)CC2C4)c1. The number of hydrogen-bond donors (Lipinski definition) is 0. The van der Waals surface area contributed by atoms with E-state index in [0.717, 1.165) is 42.4 Å². The van der Waals surface area contributed by atoms with Gasteiger partial charge in [0.15, 0.2) is 0 Å². The van der Waals surface area contributed by atoms with Crippen molar-refractivity contribution in [3.05, 3.63) is 35.6 Å². The summed E-state index contributed by atoms with van der Waals surface area (Å²) >= 11 is 0. The predicted octanol–water partition coefficient (Wildman–Crippen LogP) is 3.63. The summed E-state index contributed by atoms with van der Waals surface area (Å²) in [6.45, 7) is 1.12. The smallest absolute Gasteiger partial charge is 0.123 e. The van der Waals surface area contributed by atoms with Gasteiger partial charge < -0.3 is 0 Å². The molecule has 1 nitrogen and oxygen atoms in total. The van der Waals surface area contributed by atoms with E-state index in [4.69, 9.17) is 0 Å². The third-order valence-electron chi connectivity index (χ3n) is 5.57. The van der Waals surface area contributed by atoms with Gasteiger partial charge in [-0.15, -0.1) is 0 Å². The maximum absolute atomic E-state index is 13.2. The standard InChI is InChI=1S/C17H22FN/c18-15-3-1-2-12(7-15)4-5-19-16-8-13-6-14(10-16)11-17(19)9-13/h1-3,7,13-14,16-17H,4-6,8-11H2. The van der Waals surface area contributed by atoms with Crippen molar-refractivity contribution in [2.24, 2.45) is 11.8 Å². The van der Waals surface area contributed by atoms with Gasteiger partial charge in [0.05, 0.1) is 0 Å². The van der Waals surface area contributed by atoms with Crippen LogP contribution >= 0.6 is 0 Å². The summed E-state index contributed by atoms with van der Waals surface area (Å²) < 4.78 is 13.2. The molecule has 2 aliphatic carbocycles.